The summed E-state index contributed by atoms with van der Waals surface area (Å²) >= 11 is 1.47. The van der Waals surface area contributed by atoms with E-state index in [1.54, 1.807) is 6.92 Å². The number of nitrogens with one attached hydrogen (secondary N) is 1. The van der Waals surface area contributed by atoms with E-state index in [4.69, 9.17) is 4.74 Å². The number of phenols is 1. The molecule has 9 nitrogen and oxygen atoms in total. The number of amides is 3. The monoisotopic (exact) mass is 723 g/mol. The van der Waals surface area contributed by atoms with Crippen molar-refractivity contribution in [2.75, 3.05) is 16.8 Å². The first kappa shape index (κ1) is 34.1. The van der Waals surface area contributed by atoms with E-state index in [9.17, 15) is 50.6 Å². The van der Waals surface area contributed by atoms with E-state index in [1.165, 1.54) is 30.3 Å². The van der Waals surface area contributed by atoms with Crippen LogP contribution in [0.25, 0.3) is 0 Å². The molecule has 256 valence electrons. The normalized spacial score (nSPS) is 19.1. The minimum Gasteiger partial charge on any atom is -0.504 e. The summed E-state index contributed by atoms with van der Waals surface area (Å²) < 4.78 is 86.8. The summed E-state index contributed by atoms with van der Waals surface area (Å²) in [5, 5.41) is 11.6. The molecule has 0 radical (unpaired) electrons. The lowest BCUT2D eigenvalue weighted by atomic mass is 9.83. The molecule has 0 spiro atoms. The number of fused-ring (bicyclic) bond motifs is 2. The highest BCUT2D eigenvalue weighted by Crippen LogP contribution is 2.54. The SMILES string of the molecule is CCOc1cc([C@@H]2c3sc(=O)n(CC(=O)Nc4cccc(C(F)(F)F)c4)c3S[C@@H]3C(=O)N(c4cccc(C(F)(F)F)c4)C(=O)[C@H]23)ccc1O. The number of halogens is 6. The van der Waals surface area contributed by atoms with Gasteiger partial charge in [0.25, 0.3) is 0 Å². The standard InChI is InChI=1S/C32H23F6N3O6S2/c1-2-47-21-11-15(9-10-20(21)42)23-24-25(28(45)41(27(24)44)19-8-4-6-17(13-19)32(36,37)38)48-29-26(23)49-30(46)40(29)14-22(43)39-18-7-3-5-16(12-18)31(33,34)35/h3-13,23-25,42H,2,14H2,1H3,(H,39,43)/t23-,24+,25-/m0/s1. The second-order valence-electron chi connectivity index (χ2n) is 11.0. The molecule has 2 aliphatic rings. The number of aromatic hydroxyl groups is 1. The van der Waals surface area contributed by atoms with Gasteiger partial charge in [0.1, 0.15) is 11.8 Å². The molecule has 0 saturated carbocycles. The fraction of sp³-hybridized carbons (Fsp3) is 0.250. The molecule has 0 bridgehead atoms. The number of thiazole rings is 1. The molecule has 6 rings (SSSR count). The van der Waals surface area contributed by atoms with Gasteiger partial charge in [0, 0.05) is 16.5 Å². The van der Waals surface area contributed by atoms with E-state index in [2.05, 4.69) is 5.32 Å². The number of carbonyl (C=O) groups excluding carboxylic acids is 3. The van der Waals surface area contributed by atoms with Crippen molar-refractivity contribution in [2.24, 2.45) is 5.92 Å². The van der Waals surface area contributed by atoms with Gasteiger partial charge in [0.2, 0.25) is 17.7 Å². The molecule has 49 heavy (non-hydrogen) atoms. The van der Waals surface area contributed by atoms with Crippen LogP contribution >= 0.6 is 23.1 Å². The van der Waals surface area contributed by atoms with E-state index in [0.717, 1.165) is 46.7 Å². The average Bonchev–Trinajstić information content (AvgIpc) is 3.47. The van der Waals surface area contributed by atoms with Crippen molar-refractivity contribution in [1.29, 1.82) is 0 Å². The van der Waals surface area contributed by atoms with E-state index in [-0.39, 0.29) is 39.4 Å². The van der Waals surface area contributed by atoms with E-state index in [1.807, 2.05) is 0 Å². The number of hydrogen-bond donors (Lipinski definition) is 2. The van der Waals surface area contributed by atoms with E-state index < -0.39 is 69.7 Å². The Bertz CT molecular complexity index is 2040. The maximum Gasteiger partial charge on any atom is 0.416 e. The summed E-state index contributed by atoms with van der Waals surface area (Å²) in [4.78, 5) is 54.7. The highest BCUT2D eigenvalue weighted by molar-refractivity contribution is 8.00. The molecule has 17 heteroatoms. The van der Waals surface area contributed by atoms with Crippen LogP contribution in [-0.2, 0) is 33.3 Å². The van der Waals surface area contributed by atoms with Crippen LogP contribution in [0.2, 0.25) is 0 Å². The quantitative estimate of drug-likeness (QED) is 0.166. The van der Waals surface area contributed by atoms with Gasteiger partial charge in [-0.2, -0.15) is 26.3 Å². The zero-order chi connectivity index (χ0) is 35.4. The maximum atomic E-state index is 14.1. The van der Waals surface area contributed by atoms with Gasteiger partial charge < -0.3 is 15.2 Å². The Kier molecular flexibility index (Phi) is 8.77. The van der Waals surface area contributed by atoms with Crippen LogP contribution < -0.4 is 19.8 Å². The molecule has 1 fully saturated rings. The van der Waals surface area contributed by atoms with Crippen LogP contribution in [0.4, 0.5) is 37.7 Å². The van der Waals surface area contributed by atoms with Crippen molar-refractivity contribution >= 4 is 52.2 Å². The Labute approximate surface area is 281 Å². The van der Waals surface area contributed by atoms with Crippen molar-refractivity contribution in [1.82, 2.24) is 4.57 Å². The van der Waals surface area contributed by atoms with Gasteiger partial charge in [-0.3, -0.25) is 23.7 Å². The number of ether oxygens (including phenoxy) is 1. The molecule has 1 saturated heterocycles. The molecule has 3 atom stereocenters. The predicted octanol–water partition coefficient (Wildman–Crippen LogP) is 6.49. The van der Waals surface area contributed by atoms with Crippen LogP contribution in [0.3, 0.4) is 0 Å². The van der Waals surface area contributed by atoms with Crippen LogP contribution in [0, 0.1) is 5.92 Å². The van der Waals surface area contributed by atoms with Gasteiger partial charge in [-0.25, -0.2) is 4.90 Å². The molecule has 3 aromatic carbocycles. The summed E-state index contributed by atoms with van der Waals surface area (Å²) in [5.41, 5.74) is -2.23. The van der Waals surface area contributed by atoms with Gasteiger partial charge in [-0.15, -0.1) is 0 Å². The lowest BCUT2D eigenvalue weighted by Gasteiger charge is -2.31. The average molecular weight is 724 g/mol. The van der Waals surface area contributed by atoms with Crippen molar-refractivity contribution in [3.05, 3.63) is 98.0 Å². The minimum absolute atomic E-state index is 0.0371. The number of hydrogen-bond acceptors (Lipinski definition) is 8. The summed E-state index contributed by atoms with van der Waals surface area (Å²) in [7, 11) is 0. The predicted molar refractivity (Wildman–Crippen MR) is 167 cm³/mol. The number of phenolic OH excluding ortho intramolecular Hbond substituents is 1. The number of imide groups is 1. The van der Waals surface area contributed by atoms with Crippen molar-refractivity contribution in [3.8, 4) is 11.5 Å². The van der Waals surface area contributed by atoms with E-state index in [0.29, 0.717) is 27.9 Å². The largest absolute Gasteiger partial charge is 0.504 e. The molecular weight excluding hydrogens is 700 g/mol. The fourth-order valence-corrected chi connectivity index (χ4v) is 8.58. The van der Waals surface area contributed by atoms with Crippen LogP contribution in [-0.4, -0.2) is 39.3 Å². The van der Waals surface area contributed by atoms with Crippen LogP contribution in [0.15, 0.2) is 76.6 Å². The van der Waals surface area contributed by atoms with Gasteiger partial charge >= 0.3 is 17.2 Å². The number of carbonyl (C=O) groups is 3. The number of anilines is 2. The highest BCUT2D eigenvalue weighted by Gasteiger charge is 2.57. The van der Waals surface area contributed by atoms with Crippen molar-refractivity contribution in [2.45, 2.75) is 42.0 Å². The van der Waals surface area contributed by atoms with Crippen molar-refractivity contribution < 1.29 is 50.6 Å². The maximum absolute atomic E-state index is 14.1. The Morgan fingerprint density at radius 3 is 2.27 bits per heavy atom. The summed E-state index contributed by atoms with van der Waals surface area (Å²) in [5.74, 6) is -4.98. The minimum atomic E-state index is -4.76. The first-order valence-electron chi connectivity index (χ1n) is 14.5. The number of benzene rings is 3. The molecule has 2 N–H and O–H groups in total. The first-order chi connectivity index (χ1) is 23.1. The Morgan fingerprint density at radius 1 is 0.918 bits per heavy atom. The number of aromatic nitrogens is 1. The zero-order valence-electron chi connectivity index (χ0n) is 25.0. The van der Waals surface area contributed by atoms with Gasteiger partial charge in [-0.05, 0) is 61.0 Å². The number of nitrogens with zero attached hydrogens (tertiary/aromatic N) is 2. The third-order valence-electron chi connectivity index (χ3n) is 7.90. The Morgan fingerprint density at radius 2 is 1.59 bits per heavy atom. The molecule has 3 heterocycles. The van der Waals surface area contributed by atoms with E-state index >= 15 is 0 Å². The third-order valence-corrected chi connectivity index (χ3v) is 10.5. The number of rotatable bonds is 7. The molecule has 3 amide bonds. The van der Waals surface area contributed by atoms with Gasteiger partial charge in [-0.1, -0.05) is 41.3 Å². The first-order valence-corrected chi connectivity index (χ1v) is 16.2. The lowest BCUT2D eigenvalue weighted by molar-refractivity contribution is -0.138. The highest BCUT2D eigenvalue weighted by atomic mass is 32.2. The molecule has 4 aromatic rings. The summed E-state index contributed by atoms with van der Waals surface area (Å²) in [6.45, 7) is 1.15. The summed E-state index contributed by atoms with van der Waals surface area (Å²) in [6.07, 6.45) is -9.43. The van der Waals surface area contributed by atoms with Crippen molar-refractivity contribution in [3.63, 3.8) is 0 Å². The van der Waals surface area contributed by atoms with Crippen LogP contribution in [0.1, 0.15) is 34.4 Å². The second kappa shape index (κ2) is 12.6. The molecule has 0 unspecified atom stereocenters. The number of alkyl halides is 6. The van der Waals surface area contributed by atoms with Gasteiger partial charge in [0.15, 0.2) is 11.5 Å². The molecular formula is C32H23F6N3O6S2. The molecule has 1 aromatic heterocycles. The van der Waals surface area contributed by atoms with Crippen LogP contribution in [0.5, 0.6) is 11.5 Å². The Hall–Kier alpha value is -4.77. The second-order valence-corrected chi connectivity index (χ2v) is 13.1. The lowest BCUT2D eigenvalue weighted by Crippen LogP contribution is -2.33. The number of thioether (sulfide) groups is 1. The smallest absolute Gasteiger partial charge is 0.416 e. The topological polar surface area (TPSA) is 118 Å². The zero-order valence-corrected chi connectivity index (χ0v) is 26.6. The van der Waals surface area contributed by atoms with Gasteiger partial charge in [0.05, 0.1) is 34.4 Å². The molecule has 2 aliphatic heterocycles. The molecule has 0 aliphatic carbocycles. The Balaban J connectivity index is 1.42. The summed E-state index contributed by atoms with van der Waals surface area (Å²) in [6, 6.07) is 11.8. The third kappa shape index (κ3) is 6.39. The fourth-order valence-electron chi connectivity index (χ4n) is 5.80.